The molecule has 2 fully saturated rings. The van der Waals surface area contributed by atoms with E-state index in [0.717, 1.165) is 25.4 Å². The normalized spacial score (nSPS) is 38.9. The molecule has 3 unspecified atom stereocenters. The molecular weight excluding hydrogens is 186 g/mol. The van der Waals surface area contributed by atoms with Crippen LogP contribution in [0.15, 0.2) is 0 Å². The first-order chi connectivity index (χ1) is 7.30. The number of fused-ring (bicyclic) bond motifs is 2. The van der Waals surface area contributed by atoms with E-state index in [4.69, 9.17) is 12.2 Å². The third-order valence-electron chi connectivity index (χ3n) is 4.04. The van der Waals surface area contributed by atoms with Gasteiger partial charge in [-0.05, 0) is 31.8 Å². The maximum Gasteiger partial charge on any atom is 0.0357 e. The van der Waals surface area contributed by atoms with Crippen LogP contribution in [0.4, 0.5) is 0 Å². The van der Waals surface area contributed by atoms with E-state index < -0.39 is 0 Å². The van der Waals surface area contributed by atoms with Gasteiger partial charge in [-0.3, -0.25) is 0 Å². The predicted molar refractivity (Wildman–Crippen MR) is 62.4 cm³/mol. The lowest BCUT2D eigenvalue weighted by molar-refractivity contribution is 0.138. The molecule has 3 heteroatoms. The van der Waals surface area contributed by atoms with Crippen molar-refractivity contribution in [3.05, 3.63) is 0 Å². The van der Waals surface area contributed by atoms with Crippen LogP contribution in [-0.2, 0) is 0 Å². The topological polar surface area (TPSA) is 41.3 Å². The average molecular weight is 207 g/mol. The van der Waals surface area contributed by atoms with Crippen LogP contribution in [0.3, 0.4) is 0 Å². The van der Waals surface area contributed by atoms with Crippen molar-refractivity contribution >= 4 is 0 Å². The first-order valence-corrected chi connectivity index (χ1v) is 5.91. The van der Waals surface area contributed by atoms with Crippen molar-refractivity contribution in [3.63, 3.8) is 0 Å². The Morgan fingerprint density at radius 2 is 2.40 bits per heavy atom. The van der Waals surface area contributed by atoms with Crippen LogP contribution in [0.25, 0.3) is 0 Å². The molecule has 3 N–H and O–H groups in total. The van der Waals surface area contributed by atoms with Crippen LogP contribution in [0.2, 0.25) is 0 Å². The molecule has 15 heavy (non-hydrogen) atoms. The Balaban J connectivity index is 1.97. The number of nitrogens with two attached hydrogens (primary N) is 1. The molecule has 2 aliphatic rings. The van der Waals surface area contributed by atoms with Gasteiger partial charge in [-0.2, -0.15) is 0 Å². The van der Waals surface area contributed by atoms with Gasteiger partial charge in [0.2, 0.25) is 0 Å². The van der Waals surface area contributed by atoms with Crippen LogP contribution < -0.4 is 11.1 Å². The molecule has 0 radical (unpaired) electrons. The summed E-state index contributed by atoms with van der Waals surface area (Å²) in [6.07, 6.45) is 8.55. The summed E-state index contributed by atoms with van der Waals surface area (Å²) >= 11 is 0. The van der Waals surface area contributed by atoms with Gasteiger partial charge in [0.05, 0.1) is 0 Å². The number of terminal acetylenes is 1. The van der Waals surface area contributed by atoms with Crippen LogP contribution in [-0.4, -0.2) is 43.2 Å². The molecule has 0 aliphatic carbocycles. The minimum absolute atomic E-state index is 0.170. The summed E-state index contributed by atoms with van der Waals surface area (Å²) in [4.78, 5) is 2.54. The van der Waals surface area contributed by atoms with Gasteiger partial charge in [-0.15, -0.1) is 12.3 Å². The Bertz CT molecular complexity index is 258. The Hall–Kier alpha value is -0.560. The fourth-order valence-electron chi connectivity index (χ4n) is 3.01. The third kappa shape index (κ3) is 2.03. The molecule has 3 nitrogen and oxygen atoms in total. The van der Waals surface area contributed by atoms with Crippen molar-refractivity contribution in [1.29, 1.82) is 0 Å². The standard InChI is InChI=1S/C12H21N3/c1-2-3-6-14-12(10-13)5-8-15-7-4-11(12)9-15/h1,11,14H,3-10,13H2. The fraction of sp³-hybridized carbons (Fsp3) is 0.833. The molecule has 0 aromatic rings. The number of piperidine rings is 1. The highest BCUT2D eigenvalue weighted by molar-refractivity contribution is 5.04. The van der Waals surface area contributed by atoms with Gasteiger partial charge in [-0.25, -0.2) is 0 Å². The van der Waals surface area contributed by atoms with E-state index in [-0.39, 0.29) is 5.54 Å². The van der Waals surface area contributed by atoms with E-state index in [2.05, 4.69) is 16.1 Å². The summed E-state index contributed by atoms with van der Waals surface area (Å²) in [5.41, 5.74) is 6.14. The minimum atomic E-state index is 0.170. The smallest absolute Gasteiger partial charge is 0.0357 e. The Labute approximate surface area is 92.4 Å². The number of nitrogens with one attached hydrogen (secondary N) is 1. The Morgan fingerprint density at radius 1 is 1.53 bits per heavy atom. The van der Waals surface area contributed by atoms with Gasteiger partial charge in [0.1, 0.15) is 0 Å². The second kappa shape index (κ2) is 4.52. The van der Waals surface area contributed by atoms with Crippen LogP contribution in [0.1, 0.15) is 19.3 Å². The molecular formula is C12H21N3. The summed E-state index contributed by atoms with van der Waals surface area (Å²) in [5.74, 6) is 3.41. The number of nitrogens with zero attached hydrogens (tertiary/aromatic N) is 1. The van der Waals surface area contributed by atoms with Gasteiger partial charge in [0, 0.05) is 31.6 Å². The number of hydrogen-bond acceptors (Lipinski definition) is 3. The van der Waals surface area contributed by atoms with Crippen molar-refractivity contribution in [2.24, 2.45) is 11.7 Å². The highest BCUT2D eigenvalue weighted by atomic mass is 15.2. The molecule has 0 aromatic heterocycles. The highest BCUT2D eigenvalue weighted by Gasteiger charge is 2.44. The summed E-state index contributed by atoms with van der Waals surface area (Å²) in [5, 5.41) is 3.62. The molecule has 2 aliphatic heterocycles. The number of rotatable bonds is 4. The fourth-order valence-corrected chi connectivity index (χ4v) is 3.01. The molecule has 2 rings (SSSR count). The summed E-state index contributed by atoms with van der Waals surface area (Å²) < 4.78 is 0. The zero-order valence-electron chi connectivity index (χ0n) is 9.34. The van der Waals surface area contributed by atoms with E-state index in [9.17, 15) is 0 Å². The van der Waals surface area contributed by atoms with E-state index in [1.54, 1.807) is 0 Å². The second-order valence-corrected chi connectivity index (χ2v) is 4.78. The molecule has 0 saturated carbocycles. The molecule has 0 aromatic carbocycles. The molecule has 84 valence electrons. The van der Waals surface area contributed by atoms with Crippen molar-refractivity contribution in [2.45, 2.75) is 24.8 Å². The van der Waals surface area contributed by atoms with Crippen LogP contribution >= 0.6 is 0 Å². The molecule has 0 amide bonds. The van der Waals surface area contributed by atoms with Gasteiger partial charge in [0.25, 0.3) is 0 Å². The van der Waals surface area contributed by atoms with Crippen molar-refractivity contribution in [2.75, 3.05) is 32.7 Å². The van der Waals surface area contributed by atoms with E-state index >= 15 is 0 Å². The van der Waals surface area contributed by atoms with E-state index in [1.807, 2.05) is 0 Å². The Kier molecular flexibility index (Phi) is 3.30. The first kappa shape index (κ1) is 10.9. The average Bonchev–Trinajstić information content (AvgIpc) is 2.67. The SMILES string of the molecule is C#CCCNC1(CN)CCN2CCC1C2. The first-order valence-electron chi connectivity index (χ1n) is 5.91. The summed E-state index contributed by atoms with van der Waals surface area (Å²) in [6.45, 7) is 5.32. The third-order valence-corrected chi connectivity index (χ3v) is 4.04. The zero-order chi connectivity index (χ0) is 10.7. The summed E-state index contributed by atoms with van der Waals surface area (Å²) in [6, 6.07) is 0. The minimum Gasteiger partial charge on any atom is -0.329 e. The van der Waals surface area contributed by atoms with Gasteiger partial charge in [-0.1, -0.05) is 0 Å². The van der Waals surface area contributed by atoms with E-state index in [1.165, 1.54) is 32.5 Å². The number of hydrogen-bond donors (Lipinski definition) is 2. The van der Waals surface area contributed by atoms with Crippen molar-refractivity contribution in [3.8, 4) is 12.3 Å². The quantitative estimate of drug-likeness (QED) is 0.504. The largest absolute Gasteiger partial charge is 0.329 e. The van der Waals surface area contributed by atoms with Crippen LogP contribution in [0.5, 0.6) is 0 Å². The van der Waals surface area contributed by atoms with Gasteiger partial charge < -0.3 is 16.0 Å². The predicted octanol–water partition coefficient (Wildman–Crippen LogP) is 0.0224. The lowest BCUT2D eigenvalue weighted by Crippen LogP contribution is -2.60. The molecule has 2 bridgehead atoms. The maximum absolute atomic E-state index is 5.97. The Morgan fingerprint density at radius 3 is 3.13 bits per heavy atom. The highest BCUT2D eigenvalue weighted by Crippen LogP contribution is 2.34. The van der Waals surface area contributed by atoms with Crippen molar-refractivity contribution in [1.82, 2.24) is 10.2 Å². The zero-order valence-corrected chi connectivity index (χ0v) is 9.34. The second-order valence-electron chi connectivity index (χ2n) is 4.78. The van der Waals surface area contributed by atoms with Gasteiger partial charge >= 0.3 is 0 Å². The van der Waals surface area contributed by atoms with Gasteiger partial charge in [0.15, 0.2) is 0 Å². The molecule has 2 heterocycles. The molecule has 2 saturated heterocycles. The van der Waals surface area contributed by atoms with Crippen molar-refractivity contribution < 1.29 is 0 Å². The summed E-state index contributed by atoms with van der Waals surface area (Å²) in [7, 11) is 0. The molecule has 0 spiro atoms. The lowest BCUT2D eigenvalue weighted by Gasteiger charge is -2.43. The molecule has 3 atom stereocenters. The van der Waals surface area contributed by atoms with Crippen LogP contribution in [0, 0.1) is 18.3 Å². The monoisotopic (exact) mass is 207 g/mol. The van der Waals surface area contributed by atoms with E-state index in [0.29, 0.717) is 0 Å². The lowest BCUT2D eigenvalue weighted by atomic mass is 9.78. The maximum atomic E-state index is 5.97.